The smallest absolute Gasteiger partial charge is 0.254 e. The van der Waals surface area contributed by atoms with Crippen molar-refractivity contribution in [3.8, 4) is 11.5 Å². The van der Waals surface area contributed by atoms with Crippen molar-refractivity contribution in [2.75, 3.05) is 27.3 Å². The highest BCUT2D eigenvalue weighted by Gasteiger charge is 2.40. The van der Waals surface area contributed by atoms with E-state index < -0.39 is 0 Å². The average Bonchev–Trinajstić information content (AvgIpc) is 3.33. The lowest BCUT2D eigenvalue weighted by Crippen LogP contribution is -2.35. The number of amides is 2. The van der Waals surface area contributed by atoms with Crippen LogP contribution in [0.15, 0.2) is 73.1 Å². The van der Waals surface area contributed by atoms with Crippen LogP contribution in [0.1, 0.15) is 27.4 Å². The van der Waals surface area contributed by atoms with Crippen molar-refractivity contribution in [1.29, 1.82) is 0 Å². The van der Waals surface area contributed by atoms with Crippen molar-refractivity contribution in [2.45, 2.75) is 12.5 Å². The highest BCUT2D eigenvalue weighted by Crippen LogP contribution is 2.35. The molecule has 1 aliphatic heterocycles. The van der Waals surface area contributed by atoms with E-state index in [0.717, 1.165) is 16.9 Å². The largest absolute Gasteiger partial charge is 0.497 e. The van der Waals surface area contributed by atoms with Crippen LogP contribution in [0.3, 0.4) is 0 Å². The summed E-state index contributed by atoms with van der Waals surface area (Å²) in [6.45, 7) is 1.21. The lowest BCUT2D eigenvalue weighted by atomic mass is 9.88. The molecule has 7 nitrogen and oxygen atoms in total. The first-order valence-corrected chi connectivity index (χ1v) is 10.8. The number of pyridine rings is 1. The Kier molecular flexibility index (Phi) is 6.88. The van der Waals surface area contributed by atoms with E-state index in [1.165, 1.54) is 0 Å². The summed E-state index contributed by atoms with van der Waals surface area (Å²) < 4.78 is 10.5. The third-order valence-corrected chi connectivity index (χ3v) is 6.02. The van der Waals surface area contributed by atoms with E-state index in [1.807, 2.05) is 36.4 Å². The number of ether oxygens (including phenoxy) is 2. The van der Waals surface area contributed by atoms with Crippen molar-refractivity contribution < 1.29 is 19.1 Å². The minimum atomic E-state index is -0.366. The van der Waals surface area contributed by atoms with Crippen LogP contribution in [-0.4, -0.2) is 49.0 Å². The first kappa shape index (κ1) is 22.3. The quantitative estimate of drug-likeness (QED) is 0.604. The number of carbonyl (C=O) groups is 2. The van der Waals surface area contributed by atoms with Gasteiger partial charge in [0.25, 0.3) is 5.91 Å². The molecule has 2 amide bonds. The second-order valence-corrected chi connectivity index (χ2v) is 8.00. The van der Waals surface area contributed by atoms with Crippen LogP contribution in [0, 0.1) is 5.92 Å². The molecular weight excluding hydrogens is 418 g/mol. The number of nitrogens with zero attached hydrogens (tertiary/aromatic N) is 2. The van der Waals surface area contributed by atoms with Gasteiger partial charge in [0.2, 0.25) is 5.91 Å². The summed E-state index contributed by atoms with van der Waals surface area (Å²) in [5.41, 5.74) is 2.52. The van der Waals surface area contributed by atoms with Crippen LogP contribution in [0.4, 0.5) is 0 Å². The maximum Gasteiger partial charge on any atom is 0.254 e. The van der Waals surface area contributed by atoms with Crippen molar-refractivity contribution in [3.05, 3.63) is 89.7 Å². The molecule has 2 unspecified atom stereocenters. The number of benzene rings is 2. The van der Waals surface area contributed by atoms with E-state index in [0.29, 0.717) is 30.9 Å². The van der Waals surface area contributed by atoms with Gasteiger partial charge in [0.05, 0.1) is 20.1 Å². The monoisotopic (exact) mass is 445 g/mol. The minimum absolute atomic E-state index is 0.0754. The molecule has 0 radical (unpaired) electrons. The normalized spacial score (nSPS) is 17.5. The maximum absolute atomic E-state index is 13.3. The van der Waals surface area contributed by atoms with Gasteiger partial charge in [0, 0.05) is 43.5 Å². The van der Waals surface area contributed by atoms with Gasteiger partial charge in [-0.2, -0.15) is 0 Å². The first-order chi connectivity index (χ1) is 16.1. The molecule has 1 fully saturated rings. The predicted molar refractivity (Wildman–Crippen MR) is 124 cm³/mol. The first-order valence-electron chi connectivity index (χ1n) is 10.8. The molecule has 1 saturated heterocycles. The van der Waals surface area contributed by atoms with E-state index in [9.17, 15) is 9.59 Å². The molecule has 2 heterocycles. The third kappa shape index (κ3) is 5.14. The molecule has 2 aromatic carbocycles. The van der Waals surface area contributed by atoms with Gasteiger partial charge < -0.3 is 19.7 Å². The summed E-state index contributed by atoms with van der Waals surface area (Å²) in [5.74, 6) is 0.696. The topological polar surface area (TPSA) is 80.8 Å². The van der Waals surface area contributed by atoms with Crippen molar-refractivity contribution in [1.82, 2.24) is 15.2 Å². The zero-order valence-corrected chi connectivity index (χ0v) is 18.7. The summed E-state index contributed by atoms with van der Waals surface area (Å²) in [5, 5.41) is 3.03. The van der Waals surface area contributed by atoms with Crippen molar-refractivity contribution in [3.63, 3.8) is 0 Å². The molecule has 4 rings (SSSR count). The fourth-order valence-electron chi connectivity index (χ4n) is 4.18. The second kappa shape index (κ2) is 10.2. The van der Waals surface area contributed by atoms with E-state index in [-0.39, 0.29) is 23.7 Å². The van der Waals surface area contributed by atoms with E-state index >= 15 is 0 Å². The highest BCUT2D eigenvalue weighted by molar-refractivity contribution is 5.95. The summed E-state index contributed by atoms with van der Waals surface area (Å²) in [6.07, 6.45) is 3.40. The summed E-state index contributed by atoms with van der Waals surface area (Å²) in [7, 11) is 3.19. The molecular formula is C26H27N3O4. The number of methoxy groups -OCH3 is 2. The molecule has 7 heteroatoms. The zero-order chi connectivity index (χ0) is 23.2. The fraction of sp³-hybridized carbons (Fsp3) is 0.269. The van der Waals surface area contributed by atoms with Gasteiger partial charge in [-0.05, 0) is 53.6 Å². The lowest BCUT2D eigenvalue weighted by molar-refractivity contribution is -0.125. The number of hydrogen-bond donors (Lipinski definition) is 1. The van der Waals surface area contributed by atoms with Crippen LogP contribution in [0.25, 0.3) is 0 Å². The average molecular weight is 446 g/mol. The number of likely N-dealkylation sites (tertiary alicyclic amines) is 1. The Morgan fingerprint density at radius 1 is 0.970 bits per heavy atom. The number of carbonyl (C=O) groups excluding carboxylic acids is 2. The standard InChI is InChI=1S/C26H27N3O4/c1-32-21-8-6-19(7-9-21)23-16-29(26(31)20-4-3-5-22(14-20)33-2)17-24(23)25(30)28-15-18-10-12-27-13-11-18/h3-14,23-24H,15-17H2,1-2H3,(H,28,30). The van der Waals surface area contributed by atoms with E-state index in [4.69, 9.17) is 9.47 Å². The number of hydrogen-bond acceptors (Lipinski definition) is 5. The predicted octanol–water partition coefficient (Wildman–Crippen LogP) is 3.27. The van der Waals surface area contributed by atoms with Gasteiger partial charge in [-0.15, -0.1) is 0 Å². The molecule has 1 aliphatic rings. The molecule has 0 spiro atoms. The molecule has 1 N–H and O–H groups in total. The summed E-state index contributed by atoms with van der Waals surface area (Å²) in [6, 6.07) is 18.5. The third-order valence-electron chi connectivity index (χ3n) is 6.02. The van der Waals surface area contributed by atoms with Gasteiger partial charge in [0.1, 0.15) is 11.5 Å². The highest BCUT2D eigenvalue weighted by atomic mass is 16.5. The van der Waals surface area contributed by atoms with Crippen molar-refractivity contribution >= 4 is 11.8 Å². The minimum Gasteiger partial charge on any atom is -0.497 e. The Morgan fingerprint density at radius 2 is 1.70 bits per heavy atom. The molecule has 170 valence electrons. The van der Waals surface area contributed by atoms with E-state index in [1.54, 1.807) is 55.8 Å². The van der Waals surface area contributed by atoms with Gasteiger partial charge >= 0.3 is 0 Å². The molecule has 1 aromatic heterocycles. The Morgan fingerprint density at radius 3 is 2.39 bits per heavy atom. The molecule has 0 saturated carbocycles. The van der Waals surface area contributed by atoms with Crippen LogP contribution >= 0.6 is 0 Å². The lowest BCUT2D eigenvalue weighted by Gasteiger charge is -2.18. The van der Waals surface area contributed by atoms with E-state index in [2.05, 4.69) is 10.3 Å². The molecule has 33 heavy (non-hydrogen) atoms. The molecule has 0 bridgehead atoms. The summed E-state index contributed by atoms with van der Waals surface area (Å²) >= 11 is 0. The fourth-order valence-corrected chi connectivity index (χ4v) is 4.18. The zero-order valence-electron chi connectivity index (χ0n) is 18.7. The Balaban J connectivity index is 1.55. The SMILES string of the molecule is COc1ccc(C2CN(C(=O)c3cccc(OC)c3)CC2C(=O)NCc2ccncc2)cc1. The van der Waals surface area contributed by atoms with Crippen LogP contribution in [-0.2, 0) is 11.3 Å². The Hall–Kier alpha value is -3.87. The number of aromatic nitrogens is 1. The van der Waals surface area contributed by atoms with Crippen LogP contribution in [0.2, 0.25) is 0 Å². The Labute approximate surface area is 193 Å². The molecule has 0 aliphatic carbocycles. The maximum atomic E-state index is 13.3. The molecule has 3 aromatic rings. The Bertz CT molecular complexity index is 1100. The number of rotatable bonds is 7. The molecule has 2 atom stereocenters. The van der Waals surface area contributed by atoms with Crippen LogP contribution < -0.4 is 14.8 Å². The van der Waals surface area contributed by atoms with Gasteiger partial charge in [-0.25, -0.2) is 0 Å². The van der Waals surface area contributed by atoms with Gasteiger partial charge in [-0.3, -0.25) is 14.6 Å². The van der Waals surface area contributed by atoms with Gasteiger partial charge in [-0.1, -0.05) is 18.2 Å². The second-order valence-electron chi connectivity index (χ2n) is 8.00. The van der Waals surface area contributed by atoms with Crippen LogP contribution in [0.5, 0.6) is 11.5 Å². The van der Waals surface area contributed by atoms with Crippen molar-refractivity contribution in [2.24, 2.45) is 5.92 Å². The number of nitrogens with one attached hydrogen (secondary N) is 1. The van der Waals surface area contributed by atoms with Gasteiger partial charge in [0.15, 0.2) is 0 Å². The summed E-state index contributed by atoms with van der Waals surface area (Å²) in [4.78, 5) is 32.2.